The smallest absolute Gasteiger partial charge is 0.123 e. The van der Waals surface area contributed by atoms with Gasteiger partial charge in [-0.25, -0.2) is 4.39 Å². The quantitative estimate of drug-likeness (QED) is 0.885. The zero-order valence-corrected chi connectivity index (χ0v) is 12.8. The summed E-state index contributed by atoms with van der Waals surface area (Å²) in [6.07, 6.45) is 3.50. The number of hydrogen-bond acceptors (Lipinski definition) is 2. The molecule has 1 aliphatic rings. The van der Waals surface area contributed by atoms with E-state index in [-0.39, 0.29) is 11.4 Å². The van der Waals surface area contributed by atoms with Crippen molar-refractivity contribution in [2.24, 2.45) is 0 Å². The van der Waals surface area contributed by atoms with Crippen LogP contribution in [0.4, 0.5) is 4.39 Å². The van der Waals surface area contributed by atoms with Crippen LogP contribution in [0.1, 0.15) is 56.8 Å². The molecule has 3 heteroatoms. The molecular formula is C17H26FNO. The topological polar surface area (TPSA) is 23.5 Å². The van der Waals surface area contributed by atoms with Gasteiger partial charge in [0.25, 0.3) is 0 Å². The van der Waals surface area contributed by atoms with E-state index in [9.17, 15) is 9.50 Å². The van der Waals surface area contributed by atoms with Crippen LogP contribution in [0.3, 0.4) is 0 Å². The number of likely N-dealkylation sites (tertiary alicyclic amines) is 1. The SMILES string of the molecule is CCC(CC)(C(O)c1cc(F)ccc1C)N1CCCC1. The van der Waals surface area contributed by atoms with E-state index in [1.807, 2.05) is 6.92 Å². The molecule has 112 valence electrons. The van der Waals surface area contributed by atoms with Crippen LogP contribution in [0.2, 0.25) is 0 Å². The molecule has 0 bridgehead atoms. The lowest BCUT2D eigenvalue weighted by molar-refractivity contribution is -0.0299. The molecule has 0 spiro atoms. The van der Waals surface area contributed by atoms with Gasteiger partial charge < -0.3 is 5.11 Å². The standard InChI is InChI=1S/C17H26FNO/c1-4-17(5-2,19-10-6-7-11-19)16(20)15-12-14(18)9-8-13(15)3/h8-9,12,16,20H,4-7,10-11H2,1-3H3. The van der Waals surface area contributed by atoms with Crippen LogP contribution in [-0.4, -0.2) is 28.6 Å². The maximum Gasteiger partial charge on any atom is 0.123 e. The number of hydrogen-bond donors (Lipinski definition) is 1. The number of benzene rings is 1. The summed E-state index contributed by atoms with van der Waals surface area (Å²) in [6, 6.07) is 4.71. The van der Waals surface area contributed by atoms with Crippen molar-refractivity contribution in [2.45, 2.75) is 58.1 Å². The Kier molecular flexibility index (Phi) is 4.82. The molecule has 0 saturated carbocycles. The summed E-state index contributed by atoms with van der Waals surface area (Å²) < 4.78 is 13.6. The molecular weight excluding hydrogens is 253 g/mol. The Hall–Kier alpha value is -0.930. The van der Waals surface area contributed by atoms with Gasteiger partial charge in [0.15, 0.2) is 0 Å². The average Bonchev–Trinajstić information content (AvgIpc) is 2.98. The number of nitrogens with zero attached hydrogens (tertiary/aromatic N) is 1. The van der Waals surface area contributed by atoms with Crippen molar-refractivity contribution >= 4 is 0 Å². The summed E-state index contributed by atoms with van der Waals surface area (Å²) in [4.78, 5) is 2.40. The Morgan fingerprint density at radius 3 is 2.40 bits per heavy atom. The summed E-state index contributed by atoms with van der Waals surface area (Å²) >= 11 is 0. The zero-order chi connectivity index (χ0) is 14.8. The van der Waals surface area contributed by atoms with E-state index in [0.717, 1.165) is 37.1 Å². The van der Waals surface area contributed by atoms with Gasteiger partial charge in [-0.1, -0.05) is 19.9 Å². The Labute approximate surface area is 121 Å². The maximum atomic E-state index is 13.6. The molecule has 1 fully saturated rings. The van der Waals surface area contributed by atoms with Crippen molar-refractivity contribution in [1.29, 1.82) is 0 Å². The van der Waals surface area contributed by atoms with Crippen LogP contribution in [0.15, 0.2) is 18.2 Å². The molecule has 0 aromatic heterocycles. The summed E-state index contributed by atoms with van der Waals surface area (Å²) in [5.74, 6) is -0.271. The van der Waals surface area contributed by atoms with E-state index < -0.39 is 6.10 Å². The fourth-order valence-corrected chi connectivity index (χ4v) is 3.61. The monoisotopic (exact) mass is 279 g/mol. The Bertz CT molecular complexity index is 450. The van der Waals surface area contributed by atoms with Crippen LogP contribution >= 0.6 is 0 Å². The lowest BCUT2D eigenvalue weighted by Crippen LogP contribution is -2.51. The van der Waals surface area contributed by atoms with E-state index in [4.69, 9.17) is 0 Å². The number of aryl methyl sites for hydroxylation is 1. The normalized spacial score (nSPS) is 18.4. The summed E-state index contributed by atoms with van der Waals surface area (Å²) in [7, 11) is 0. The summed E-state index contributed by atoms with van der Waals surface area (Å²) in [5.41, 5.74) is 1.43. The molecule has 20 heavy (non-hydrogen) atoms. The van der Waals surface area contributed by atoms with Crippen LogP contribution in [0, 0.1) is 12.7 Å². The lowest BCUT2D eigenvalue weighted by Gasteiger charge is -2.45. The van der Waals surface area contributed by atoms with Gasteiger partial charge in [-0.3, -0.25) is 4.90 Å². The molecule has 0 aliphatic carbocycles. The molecule has 1 heterocycles. The minimum absolute atomic E-state index is 0.269. The average molecular weight is 279 g/mol. The fourth-order valence-electron chi connectivity index (χ4n) is 3.61. The first-order valence-electron chi connectivity index (χ1n) is 7.74. The highest BCUT2D eigenvalue weighted by Gasteiger charge is 2.42. The van der Waals surface area contributed by atoms with Gasteiger partial charge in [0.05, 0.1) is 11.6 Å². The largest absolute Gasteiger partial charge is 0.386 e. The highest BCUT2D eigenvalue weighted by Crippen LogP contribution is 2.40. The first-order chi connectivity index (χ1) is 9.55. The zero-order valence-electron chi connectivity index (χ0n) is 12.8. The number of aliphatic hydroxyl groups is 1. The van der Waals surface area contributed by atoms with E-state index in [2.05, 4.69) is 18.7 Å². The predicted molar refractivity (Wildman–Crippen MR) is 80.2 cm³/mol. The molecule has 1 aliphatic heterocycles. The molecule has 0 amide bonds. The van der Waals surface area contributed by atoms with E-state index in [0.29, 0.717) is 0 Å². The molecule has 2 rings (SSSR count). The molecule has 0 radical (unpaired) electrons. The van der Waals surface area contributed by atoms with Gasteiger partial charge in [0.1, 0.15) is 5.82 Å². The van der Waals surface area contributed by atoms with E-state index >= 15 is 0 Å². The molecule has 1 aromatic rings. The van der Waals surface area contributed by atoms with Crippen molar-refractivity contribution in [3.8, 4) is 0 Å². The first kappa shape index (κ1) is 15.5. The van der Waals surface area contributed by atoms with E-state index in [1.54, 1.807) is 6.07 Å². The summed E-state index contributed by atoms with van der Waals surface area (Å²) in [6.45, 7) is 8.26. The molecule has 1 atom stereocenters. The first-order valence-corrected chi connectivity index (χ1v) is 7.74. The van der Waals surface area contributed by atoms with Crippen LogP contribution in [-0.2, 0) is 0 Å². The number of halogens is 1. The molecule has 2 nitrogen and oxygen atoms in total. The lowest BCUT2D eigenvalue weighted by atomic mass is 9.80. The minimum atomic E-state index is -0.633. The molecule has 1 N–H and O–H groups in total. The fraction of sp³-hybridized carbons (Fsp3) is 0.647. The van der Waals surface area contributed by atoms with Crippen molar-refractivity contribution in [1.82, 2.24) is 4.90 Å². The van der Waals surface area contributed by atoms with E-state index in [1.165, 1.54) is 25.0 Å². The van der Waals surface area contributed by atoms with Gasteiger partial charge in [-0.05, 0) is 69.0 Å². The van der Waals surface area contributed by atoms with Crippen molar-refractivity contribution < 1.29 is 9.50 Å². The Morgan fingerprint density at radius 2 is 1.85 bits per heavy atom. The third-order valence-corrected chi connectivity index (χ3v) is 5.01. The number of aliphatic hydroxyl groups excluding tert-OH is 1. The van der Waals surface area contributed by atoms with Gasteiger partial charge in [-0.15, -0.1) is 0 Å². The second kappa shape index (κ2) is 6.23. The Balaban J connectivity index is 2.39. The molecule has 1 saturated heterocycles. The maximum absolute atomic E-state index is 13.6. The van der Waals surface area contributed by atoms with Gasteiger partial charge in [-0.2, -0.15) is 0 Å². The summed E-state index contributed by atoms with van der Waals surface area (Å²) in [5, 5.41) is 11.0. The Morgan fingerprint density at radius 1 is 1.25 bits per heavy atom. The predicted octanol–water partition coefficient (Wildman–Crippen LogP) is 3.82. The van der Waals surface area contributed by atoms with Crippen LogP contribution < -0.4 is 0 Å². The molecule has 1 unspecified atom stereocenters. The van der Waals surface area contributed by atoms with Crippen molar-refractivity contribution in [3.05, 3.63) is 35.1 Å². The highest BCUT2D eigenvalue weighted by molar-refractivity contribution is 5.31. The third-order valence-electron chi connectivity index (χ3n) is 5.01. The van der Waals surface area contributed by atoms with Crippen LogP contribution in [0.25, 0.3) is 0 Å². The van der Waals surface area contributed by atoms with Crippen molar-refractivity contribution in [3.63, 3.8) is 0 Å². The van der Waals surface area contributed by atoms with Crippen LogP contribution in [0.5, 0.6) is 0 Å². The van der Waals surface area contributed by atoms with Crippen molar-refractivity contribution in [2.75, 3.05) is 13.1 Å². The van der Waals surface area contributed by atoms with Gasteiger partial charge >= 0.3 is 0 Å². The molecule has 1 aromatic carbocycles. The second-order valence-corrected chi connectivity index (χ2v) is 5.91. The van der Waals surface area contributed by atoms with Gasteiger partial charge in [0.2, 0.25) is 0 Å². The van der Waals surface area contributed by atoms with Gasteiger partial charge in [0, 0.05) is 0 Å². The second-order valence-electron chi connectivity index (χ2n) is 5.91. The number of rotatable bonds is 5. The third kappa shape index (κ3) is 2.61. The minimum Gasteiger partial charge on any atom is -0.386 e. The highest BCUT2D eigenvalue weighted by atomic mass is 19.1.